The molecule has 0 bridgehead atoms. The normalized spacial score (nSPS) is 14.0. The van der Waals surface area contributed by atoms with Gasteiger partial charge in [0, 0.05) is 17.0 Å². The quantitative estimate of drug-likeness (QED) is 0.319. The molecule has 0 aromatic heterocycles. The van der Waals surface area contributed by atoms with Gasteiger partial charge in [0.1, 0.15) is 10.8 Å². The lowest BCUT2D eigenvalue weighted by atomic mass is 9.90. The van der Waals surface area contributed by atoms with Crippen molar-refractivity contribution in [3.63, 3.8) is 0 Å². The molecule has 1 amide bonds. The second kappa shape index (κ2) is 9.20. The maximum absolute atomic E-state index is 12.0. The third-order valence-electron chi connectivity index (χ3n) is 3.82. The van der Waals surface area contributed by atoms with Crippen molar-refractivity contribution in [3.05, 3.63) is 34.4 Å². The van der Waals surface area contributed by atoms with Crippen LogP contribution in [0.2, 0.25) is 0 Å². The Balaban J connectivity index is 2.53. The molecular formula is C17H21N3O5S. The van der Waals surface area contributed by atoms with E-state index >= 15 is 0 Å². The molecule has 1 N–H and O–H groups in total. The average molecular weight is 379 g/mol. The Morgan fingerprint density at radius 1 is 1.35 bits per heavy atom. The zero-order valence-corrected chi connectivity index (χ0v) is 15.8. The number of ether oxygens (including phenoxy) is 1. The third kappa shape index (κ3) is 6.04. The van der Waals surface area contributed by atoms with Crippen LogP contribution in [0.5, 0.6) is 0 Å². The number of carbonyl (C=O) groups is 2. The maximum atomic E-state index is 12.0. The van der Waals surface area contributed by atoms with E-state index in [2.05, 4.69) is 5.32 Å². The fraction of sp³-hybridized carbons (Fsp3) is 0.471. The molecule has 2 atom stereocenters. The lowest BCUT2D eigenvalue weighted by Gasteiger charge is -2.27. The first-order chi connectivity index (χ1) is 12.1. The number of non-ortho nitro benzene ring substituents is 1. The van der Waals surface area contributed by atoms with Crippen LogP contribution >= 0.6 is 11.8 Å². The highest BCUT2D eigenvalue weighted by Gasteiger charge is 2.30. The van der Waals surface area contributed by atoms with Crippen molar-refractivity contribution in [2.45, 2.75) is 43.4 Å². The summed E-state index contributed by atoms with van der Waals surface area (Å²) in [5, 5.41) is 21.7. The number of amides is 1. The number of nitro groups is 1. The predicted octanol–water partition coefficient (Wildman–Crippen LogP) is 2.67. The Morgan fingerprint density at radius 3 is 2.38 bits per heavy atom. The monoisotopic (exact) mass is 379 g/mol. The van der Waals surface area contributed by atoms with Gasteiger partial charge in [-0.1, -0.05) is 13.8 Å². The number of rotatable bonds is 8. The number of nitrogens with zero attached hydrogens (tertiary/aromatic N) is 2. The summed E-state index contributed by atoms with van der Waals surface area (Å²) < 4.78 is 4.98. The molecule has 0 aliphatic carbocycles. The first-order valence-corrected chi connectivity index (χ1v) is 8.77. The van der Waals surface area contributed by atoms with Crippen molar-refractivity contribution < 1.29 is 19.2 Å². The SMILES string of the molecule is CC(C)[C@@](C)(C#N)NC(=O)COC(=O)[C@H](C)Sc1ccc([N+](=O)[O-])cc1. The molecular weight excluding hydrogens is 358 g/mol. The predicted molar refractivity (Wildman–Crippen MR) is 96.4 cm³/mol. The Morgan fingerprint density at radius 2 is 1.92 bits per heavy atom. The molecule has 1 aromatic rings. The van der Waals surface area contributed by atoms with Gasteiger partial charge in [-0.2, -0.15) is 5.26 Å². The summed E-state index contributed by atoms with van der Waals surface area (Å²) in [6, 6.07) is 7.82. The van der Waals surface area contributed by atoms with E-state index in [1.807, 2.05) is 6.07 Å². The summed E-state index contributed by atoms with van der Waals surface area (Å²) in [6.07, 6.45) is 0. The zero-order chi connectivity index (χ0) is 19.9. The van der Waals surface area contributed by atoms with E-state index in [-0.39, 0.29) is 11.6 Å². The average Bonchev–Trinajstić information content (AvgIpc) is 2.59. The van der Waals surface area contributed by atoms with Gasteiger partial charge >= 0.3 is 5.97 Å². The lowest BCUT2D eigenvalue weighted by Crippen LogP contribution is -2.50. The summed E-state index contributed by atoms with van der Waals surface area (Å²) in [4.78, 5) is 34.7. The molecule has 0 saturated carbocycles. The lowest BCUT2D eigenvalue weighted by molar-refractivity contribution is -0.384. The van der Waals surface area contributed by atoms with Gasteiger partial charge in [0.15, 0.2) is 6.61 Å². The first-order valence-electron chi connectivity index (χ1n) is 7.89. The molecule has 0 aliphatic heterocycles. The molecule has 1 rings (SSSR count). The molecule has 140 valence electrons. The molecule has 0 unspecified atom stereocenters. The molecule has 0 radical (unpaired) electrons. The highest BCUT2D eigenvalue weighted by Crippen LogP contribution is 2.26. The largest absolute Gasteiger partial charge is 0.455 e. The minimum atomic E-state index is -1.04. The van der Waals surface area contributed by atoms with E-state index < -0.39 is 34.2 Å². The summed E-state index contributed by atoms with van der Waals surface area (Å²) in [5.74, 6) is -1.25. The summed E-state index contributed by atoms with van der Waals surface area (Å²) in [6.45, 7) is 6.34. The van der Waals surface area contributed by atoms with Crippen molar-refractivity contribution in [2.75, 3.05) is 6.61 Å². The smallest absolute Gasteiger partial charge is 0.319 e. The molecule has 9 heteroatoms. The highest BCUT2D eigenvalue weighted by atomic mass is 32.2. The van der Waals surface area contributed by atoms with E-state index in [0.717, 1.165) is 0 Å². The standard InChI is InChI=1S/C17H21N3O5S/c1-11(2)17(4,10-18)19-15(21)9-25-16(22)12(3)26-14-7-5-13(6-8-14)20(23)24/h5-8,11-12H,9H2,1-4H3,(H,19,21)/t12-,17+/m0/s1. The summed E-state index contributed by atoms with van der Waals surface area (Å²) in [7, 11) is 0. The van der Waals surface area contributed by atoms with E-state index in [1.165, 1.54) is 23.9 Å². The number of benzene rings is 1. The van der Waals surface area contributed by atoms with Gasteiger partial charge in [0.2, 0.25) is 0 Å². The molecule has 8 nitrogen and oxygen atoms in total. The van der Waals surface area contributed by atoms with Gasteiger partial charge in [-0.05, 0) is 31.9 Å². The van der Waals surface area contributed by atoms with Crippen molar-refractivity contribution in [1.29, 1.82) is 5.26 Å². The Labute approximate surface area is 156 Å². The first kappa shape index (κ1) is 21.4. The second-order valence-electron chi connectivity index (χ2n) is 6.14. The van der Waals surface area contributed by atoms with E-state index in [0.29, 0.717) is 4.90 Å². The van der Waals surface area contributed by atoms with Crippen molar-refractivity contribution in [1.82, 2.24) is 5.32 Å². The third-order valence-corrected chi connectivity index (χ3v) is 4.91. The van der Waals surface area contributed by atoms with Crippen LogP contribution in [0, 0.1) is 27.4 Å². The summed E-state index contributed by atoms with van der Waals surface area (Å²) in [5.41, 5.74) is -1.07. The molecule has 0 fully saturated rings. The maximum Gasteiger partial charge on any atom is 0.319 e. The summed E-state index contributed by atoms with van der Waals surface area (Å²) >= 11 is 1.17. The second-order valence-corrected chi connectivity index (χ2v) is 7.55. The minimum absolute atomic E-state index is 0.0352. The van der Waals surface area contributed by atoms with Crippen molar-refractivity contribution in [2.24, 2.45) is 5.92 Å². The van der Waals surface area contributed by atoms with Gasteiger partial charge in [-0.15, -0.1) is 11.8 Å². The minimum Gasteiger partial charge on any atom is -0.455 e. The number of nitro benzene ring substituents is 1. The fourth-order valence-electron chi connectivity index (χ4n) is 1.78. The van der Waals surface area contributed by atoms with Crippen LogP contribution in [0.25, 0.3) is 0 Å². The van der Waals surface area contributed by atoms with E-state index in [9.17, 15) is 25.0 Å². The number of hydrogen-bond donors (Lipinski definition) is 1. The van der Waals surface area contributed by atoms with Crippen molar-refractivity contribution >= 4 is 29.3 Å². The Hall–Kier alpha value is -2.60. The van der Waals surface area contributed by atoms with Gasteiger partial charge in [0.25, 0.3) is 11.6 Å². The van der Waals surface area contributed by atoms with Crippen LogP contribution in [0.4, 0.5) is 5.69 Å². The Kier molecular flexibility index (Phi) is 7.58. The number of hydrogen-bond acceptors (Lipinski definition) is 7. The number of nitrogens with one attached hydrogen (secondary N) is 1. The van der Waals surface area contributed by atoms with E-state index in [1.54, 1.807) is 39.8 Å². The topological polar surface area (TPSA) is 122 Å². The van der Waals surface area contributed by atoms with Gasteiger partial charge in [0.05, 0.1) is 11.0 Å². The van der Waals surface area contributed by atoms with Crippen LogP contribution in [0.1, 0.15) is 27.7 Å². The molecule has 0 saturated heterocycles. The zero-order valence-electron chi connectivity index (χ0n) is 15.0. The van der Waals surface area contributed by atoms with E-state index in [4.69, 9.17) is 4.74 Å². The molecule has 0 spiro atoms. The molecule has 0 heterocycles. The fourth-order valence-corrected chi connectivity index (χ4v) is 2.65. The highest BCUT2D eigenvalue weighted by molar-refractivity contribution is 8.00. The molecule has 0 aliphatic rings. The van der Waals surface area contributed by atoms with Gasteiger partial charge < -0.3 is 10.1 Å². The Bertz CT molecular complexity index is 714. The van der Waals surface area contributed by atoms with Crippen LogP contribution in [0.15, 0.2) is 29.2 Å². The van der Waals surface area contributed by atoms with Crippen LogP contribution in [-0.2, 0) is 14.3 Å². The van der Waals surface area contributed by atoms with Gasteiger partial charge in [-0.25, -0.2) is 0 Å². The number of nitriles is 1. The molecule has 1 aromatic carbocycles. The van der Waals surface area contributed by atoms with Gasteiger partial charge in [-0.3, -0.25) is 19.7 Å². The van der Waals surface area contributed by atoms with Crippen molar-refractivity contribution in [3.8, 4) is 6.07 Å². The van der Waals surface area contributed by atoms with Crippen LogP contribution < -0.4 is 5.32 Å². The van der Waals surface area contributed by atoms with Crippen LogP contribution in [0.3, 0.4) is 0 Å². The number of carbonyl (C=O) groups excluding carboxylic acids is 2. The van der Waals surface area contributed by atoms with Crippen LogP contribution in [-0.4, -0.2) is 34.2 Å². The number of thioether (sulfide) groups is 1. The molecule has 26 heavy (non-hydrogen) atoms. The number of esters is 1.